The molecule has 1 amide bonds. The number of hydrogen-bond acceptors (Lipinski definition) is 6. The maximum Gasteiger partial charge on any atom is 0.316 e. The summed E-state index contributed by atoms with van der Waals surface area (Å²) in [5, 5.41) is 2.90. The topological polar surface area (TPSA) is 81.2 Å². The van der Waals surface area contributed by atoms with Crippen molar-refractivity contribution in [2.75, 3.05) is 18.9 Å². The van der Waals surface area contributed by atoms with Gasteiger partial charge in [0.1, 0.15) is 0 Å². The normalized spacial score (nSPS) is 9.65. The number of carbonyl (C=O) groups excluding carboxylic acids is 2. The highest BCUT2D eigenvalue weighted by atomic mass is 32.2. The number of thioether (sulfide) groups is 1. The Morgan fingerprint density at radius 1 is 1.40 bits per heavy atom. The van der Waals surface area contributed by atoms with Crippen LogP contribution >= 0.6 is 11.8 Å². The number of esters is 1. The maximum atomic E-state index is 11.4. The summed E-state index contributed by atoms with van der Waals surface area (Å²) < 4.78 is 4.79. The number of aromatic nitrogens is 2. The first-order valence-corrected chi connectivity index (χ1v) is 6.80. The summed E-state index contributed by atoms with van der Waals surface area (Å²) in [6, 6.07) is 1.85. The zero-order chi connectivity index (χ0) is 15.0. The Kier molecular flexibility index (Phi) is 6.53. The van der Waals surface area contributed by atoms with Gasteiger partial charge < -0.3 is 10.1 Å². The molecule has 1 N–H and O–H groups in total. The molecule has 0 aliphatic carbocycles. The molecule has 0 aliphatic rings. The molecule has 7 heteroatoms. The second-order valence-electron chi connectivity index (χ2n) is 3.86. The first-order chi connectivity index (χ1) is 9.51. The fourth-order valence-electron chi connectivity index (χ4n) is 1.27. The van der Waals surface area contributed by atoms with Gasteiger partial charge in [0, 0.05) is 11.4 Å². The van der Waals surface area contributed by atoms with Crippen molar-refractivity contribution in [2.24, 2.45) is 0 Å². The fourth-order valence-corrected chi connectivity index (χ4v) is 2.02. The van der Waals surface area contributed by atoms with Crippen LogP contribution in [0.4, 0.5) is 0 Å². The van der Waals surface area contributed by atoms with E-state index in [1.165, 1.54) is 11.8 Å². The molecule has 1 aromatic rings. The molecule has 106 valence electrons. The largest absolute Gasteiger partial charge is 0.455 e. The summed E-state index contributed by atoms with van der Waals surface area (Å²) in [4.78, 5) is 31.0. The van der Waals surface area contributed by atoms with Gasteiger partial charge in [0.15, 0.2) is 11.8 Å². The van der Waals surface area contributed by atoms with E-state index >= 15 is 0 Å². The van der Waals surface area contributed by atoms with E-state index < -0.39 is 11.9 Å². The minimum atomic E-state index is -0.506. The third-order valence-electron chi connectivity index (χ3n) is 2.03. The number of ether oxygens (including phenoxy) is 1. The zero-order valence-electron chi connectivity index (χ0n) is 11.3. The first-order valence-electron chi connectivity index (χ1n) is 5.82. The van der Waals surface area contributed by atoms with E-state index in [0.29, 0.717) is 5.16 Å². The Morgan fingerprint density at radius 3 is 2.65 bits per heavy atom. The van der Waals surface area contributed by atoms with Crippen molar-refractivity contribution in [1.29, 1.82) is 0 Å². The average molecular weight is 293 g/mol. The molecule has 0 unspecified atom stereocenters. The van der Waals surface area contributed by atoms with Gasteiger partial charge in [-0.1, -0.05) is 17.7 Å². The maximum absolute atomic E-state index is 11.4. The van der Waals surface area contributed by atoms with Crippen LogP contribution in [-0.4, -0.2) is 40.7 Å². The van der Waals surface area contributed by atoms with Gasteiger partial charge in [-0.05, 0) is 19.9 Å². The van der Waals surface area contributed by atoms with Crippen molar-refractivity contribution in [2.45, 2.75) is 19.0 Å². The molecule has 0 saturated carbocycles. The van der Waals surface area contributed by atoms with Crippen molar-refractivity contribution >= 4 is 23.6 Å². The Labute approximate surface area is 121 Å². The second kappa shape index (κ2) is 8.17. The third kappa shape index (κ3) is 6.20. The van der Waals surface area contributed by atoms with E-state index in [4.69, 9.17) is 11.2 Å². The van der Waals surface area contributed by atoms with E-state index in [-0.39, 0.29) is 18.9 Å². The number of amides is 1. The minimum Gasteiger partial charge on any atom is -0.455 e. The second-order valence-corrected chi connectivity index (χ2v) is 4.81. The Balaban J connectivity index is 2.33. The monoisotopic (exact) mass is 293 g/mol. The number of nitrogens with zero attached hydrogens (tertiary/aromatic N) is 2. The SMILES string of the molecule is C#CCNC(=O)COC(=O)CSc1nc(C)cc(C)n1. The molecule has 0 aliphatic heterocycles. The number of aryl methyl sites for hydroxylation is 2. The molecule has 1 aromatic heterocycles. The van der Waals surface area contributed by atoms with Gasteiger partial charge >= 0.3 is 5.97 Å². The van der Waals surface area contributed by atoms with E-state index in [9.17, 15) is 9.59 Å². The lowest BCUT2D eigenvalue weighted by Crippen LogP contribution is -2.29. The molecule has 20 heavy (non-hydrogen) atoms. The molecular formula is C13H15N3O3S. The summed E-state index contributed by atoms with van der Waals surface area (Å²) >= 11 is 1.17. The average Bonchev–Trinajstić information content (AvgIpc) is 2.39. The van der Waals surface area contributed by atoms with E-state index in [2.05, 4.69) is 21.2 Å². The molecule has 1 heterocycles. The molecule has 0 atom stereocenters. The number of hydrogen-bond donors (Lipinski definition) is 1. The Bertz CT molecular complexity index is 520. The quantitative estimate of drug-likeness (QED) is 0.355. The van der Waals surface area contributed by atoms with E-state index in [1.54, 1.807) is 0 Å². The number of nitrogens with one attached hydrogen (secondary N) is 1. The highest BCUT2D eigenvalue weighted by Crippen LogP contribution is 2.13. The van der Waals surface area contributed by atoms with Crippen LogP contribution < -0.4 is 5.32 Å². The smallest absolute Gasteiger partial charge is 0.316 e. The first kappa shape index (κ1) is 16.0. The molecule has 0 radical (unpaired) electrons. The van der Waals surface area contributed by atoms with Gasteiger partial charge in [0.05, 0.1) is 12.3 Å². The van der Waals surface area contributed by atoms with Gasteiger partial charge in [-0.15, -0.1) is 6.42 Å². The predicted molar refractivity (Wildman–Crippen MR) is 75.0 cm³/mol. The van der Waals surface area contributed by atoms with Gasteiger partial charge in [-0.25, -0.2) is 9.97 Å². The molecule has 0 fully saturated rings. The van der Waals surface area contributed by atoms with Crippen molar-refractivity contribution in [3.05, 3.63) is 17.5 Å². The van der Waals surface area contributed by atoms with Crippen LogP contribution in [0.15, 0.2) is 11.2 Å². The van der Waals surface area contributed by atoms with Gasteiger partial charge in [0.25, 0.3) is 5.91 Å². The highest BCUT2D eigenvalue weighted by Gasteiger charge is 2.09. The molecule has 1 rings (SSSR count). The molecule has 0 aromatic carbocycles. The number of carbonyl (C=O) groups is 2. The van der Waals surface area contributed by atoms with Crippen molar-refractivity contribution in [3.63, 3.8) is 0 Å². The Hall–Kier alpha value is -2.07. The van der Waals surface area contributed by atoms with Gasteiger partial charge in [0.2, 0.25) is 0 Å². The van der Waals surface area contributed by atoms with E-state index in [0.717, 1.165) is 11.4 Å². The molecule has 6 nitrogen and oxygen atoms in total. The van der Waals surface area contributed by atoms with Gasteiger partial charge in [-0.3, -0.25) is 9.59 Å². The molecular weight excluding hydrogens is 278 g/mol. The van der Waals surface area contributed by atoms with Crippen molar-refractivity contribution in [1.82, 2.24) is 15.3 Å². The van der Waals surface area contributed by atoms with Crippen molar-refractivity contribution in [3.8, 4) is 12.3 Å². The van der Waals surface area contributed by atoms with Gasteiger partial charge in [-0.2, -0.15) is 0 Å². The lowest BCUT2D eigenvalue weighted by Gasteiger charge is -2.05. The van der Waals surface area contributed by atoms with Crippen LogP contribution in [-0.2, 0) is 14.3 Å². The summed E-state index contributed by atoms with van der Waals surface area (Å²) in [5.74, 6) is 1.36. The van der Waals surface area contributed by atoms with Crippen LogP contribution in [0.1, 0.15) is 11.4 Å². The fraction of sp³-hybridized carbons (Fsp3) is 0.385. The summed E-state index contributed by atoms with van der Waals surface area (Å²) in [5.41, 5.74) is 1.67. The standard InChI is InChI=1S/C13H15N3O3S/c1-4-5-14-11(17)7-19-12(18)8-20-13-15-9(2)6-10(3)16-13/h1,6H,5,7-8H2,2-3H3,(H,14,17). The molecule has 0 saturated heterocycles. The lowest BCUT2D eigenvalue weighted by molar-refractivity contribution is -0.145. The minimum absolute atomic E-state index is 0.0469. The summed E-state index contributed by atoms with van der Waals surface area (Å²) in [6.45, 7) is 3.48. The number of terminal acetylenes is 1. The summed E-state index contributed by atoms with van der Waals surface area (Å²) in [7, 11) is 0. The highest BCUT2D eigenvalue weighted by molar-refractivity contribution is 7.99. The van der Waals surface area contributed by atoms with Crippen LogP contribution in [0.3, 0.4) is 0 Å². The molecule has 0 spiro atoms. The molecule has 0 bridgehead atoms. The predicted octanol–water partition coefficient (Wildman–Crippen LogP) is 0.478. The van der Waals surface area contributed by atoms with Crippen LogP contribution in [0.2, 0.25) is 0 Å². The van der Waals surface area contributed by atoms with E-state index in [1.807, 2.05) is 19.9 Å². The van der Waals surface area contributed by atoms with Crippen LogP contribution in [0, 0.1) is 26.2 Å². The third-order valence-corrected chi connectivity index (χ3v) is 2.85. The van der Waals surface area contributed by atoms with Crippen LogP contribution in [0.5, 0.6) is 0 Å². The number of rotatable bonds is 6. The Morgan fingerprint density at radius 2 is 2.05 bits per heavy atom. The van der Waals surface area contributed by atoms with Crippen LogP contribution in [0.25, 0.3) is 0 Å². The summed E-state index contributed by atoms with van der Waals surface area (Å²) in [6.07, 6.45) is 4.98. The van der Waals surface area contributed by atoms with Crippen molar-refractivity contribution < 1.29 is 14.3 Å². The lowest BCUT2D eigenvalue weighted by atomic mass is 10.4. The zero-order valence-corrected chi connectivity index (χ0v) is 12.1.